The van der Waals surface area contributed by atoms with Gasteiger partial charge in [-0.2, -0.15) is 0 Å². The van der Waals surface area contributed by atoms with Crippen LogP contribution in [0.25, 0.3) is 5.69 Å². The molecule has 19 heavy (non-hydrogen) atoms. The van der Waals surface area contributed by atoms with Gasteiger partial charge >= 0.3 is 11.9 Å². The maximum absolute atomic E-state index is 11.5. The maximum atomic E-state index is 11.5. The van der Waals surface area contributed by atoms with E-state index in [-0.39, 0.29) is 6.61 Å². The van der Waals surface area contributed by atoms with Crippen LogP contribution in [0, 0.1) is 0 Å². The number of hydrogen-bond acceptors (Lipinski definition) is 3. The van der Waals surface area contributed by atoms with Crippen molar-refractivity contribution in [3.05, 3.63) is 48.8 Å². The number of rotatable bonds is 3. The molecule has 2 rings (SSSR count). The highest BCUT2D eigenvalue weighted by Crippen LogP contribution is 2.14. The third kappa shape index (κ3) is 3.22. The highest BCUT2D eigenvalue weighted by molar-refractivity contribution is 6.37. The second-order valence-electron chi connectivity index (χ2n) is 3.82. The highest BCUT2D eigenvalue weighted by atomic mass is 16.5. The van der Waals surface area contributed by atoms with Crippen LogP contribution in [0.2, 0.25) is 0 Å². The first-order valence-corrected chi connectivity index (χ1v) is 5.92. The number of nitrogens with zero attached hydrogens (tertiary/aromatic N) is 1. The lowest BCUT2D eigenvalue weighted by molar-refractivity contribution is -0.152. The Labute approximate surface area is 110 Å². The number of nitrogens with one attached hydrogen (secondary N) is 1. The molecule has 5 nitrogen and oxygen atoms in total. The standard InChI is InChI=1S/C14H14N2O3/c1-2-19-14(18)13(17)15-11-6-5-7-12(10-11)16-8-3-4-9-16/h3-10H,2H2,1H3,(H,15,17). The first-order valence-electron chi connectivity index (χ1n) is 5.92. The number of anilines is 1. The van der Waals surface area contributed by atoms with Gasteiger partial charge in [-0.3, -0.25) is 4.79 Å². The van der Waals surface area contributed by atoms with Gasteiger partial charge in [0.15, 0.2) is 0 Å². The van der Waals surface area contributed by atoms with Crippen molar-refractivity contribution < 1.29 is 14.3 Å². The SMILES string of the molecule is CCOC(=O)C(=O)Nc1cccc(-n2cccc2)c1. The van der Waals surface area contributed by atoms with Gasteiger partial charge in [0.25, 0.3) is 0 Å². The van der Waals surface area contributed by atoms with E-state index >= 15 is 0 Å². The molecule has 0 spiro atoms. The molecule has 0 fully saturated rings. The Hall–Kier alpha value is -2.56. The third-order valence-electron chi connectivity index (χ3n) is 2.47. The summed E-state index contributed by atoms with van der Waals surface area (Å²) in [6, 6.07) is 11.0. The highest BCUT2D eigenvalue weighted by Gasteiger charge is 2.14. The summed E-state index contributed by atoms with van der Waals surface area (Å²) in [4.78, 5) is 22.7. The van der Waals surface area contributed by atoms with Gasteiger partial charge in [0.05, 0.1) is 6.61 Å². The minimum atomic E-state index is -0.881. The van der Waals surface area contributed by atoms with Gasteiger partial charge < -0.3 is 14.6 Å². The van der Waals surface area contributed by atoms with Crippen LogP contribution in [0.4, 0.5) is 5.69 Å². The summed E-state index contributed by atoms with van der Waals surface area (Å²) < 4.78 is 6.52. The minimum Gasteiger partial charge on any atom is -0.459 e. The van der Waals surface area contributed by atoms with Crippen LogP contribution in [0.3, 0.4) is 0 Å². The fourth-order valence-corrected chi connectivity index (χ4v) is 1.63. The average molecular weight is 258 g/mol. The summed E-state index contributed by atoms with van der Waals surface area (Å²) in [6.45, 7) is 1.83. The number of aromatic nitrogens is 1. The van der Waals surface area contributed by atoms with Crippen molar-refractivity contribution in [1.82, 2.24) is 4.57 Å². The van der Waals surface area contributed by atoms with Gasteiger partial charge in [-0.25, -0.2) is 4.79 Å². The molecule has 5 heteroatoms. The monoisotopic (exact) mass is 258 g/mol. The fourth-order valence-electron chi connectivity index (χ4n) is 1.63. The van der Waals surface area contributed by atoms with E-state index in [9.17, 15) is 9.59 Å². The van der Waals surface area contributed by atoms with Gasteiger partial charge in [0, 0.05) is 23.8 Å². The van der Waals surface area contributed by atoms with E-state index in [1.165, 1.54) is 0 Å². The van der Waals surface area contributed by atoms with Crippen molar-refractivity contribution in [2.75, 3.05) is 11.9 Å². The number of esters is 1. The Morgan fingerprint density at radius 3 is 2.63 bits per heavy atom. The smallest absolute Gasteiger partial charge is 0.397 e. The van der Waals surface area contributed by atoms with Crippen molar-refractivity contribution in [2.24, 2.45) is 0 Å². The number of ether oxygens (including phenoxy) is 1. The molecule has 0 unspecified atom stereocenters. The molecular weight excluding hydrogens is 244 g/mol. The predicted octanol–water partition coefficient (Wildman–Crippen LogP) is 1.98. The van der Waals surface area contributed by atoms with Crippen LogP contribution < -0.4 is 5.32 Å². The number of amides is 1. The van der Waals surface area contributed by atoms with E-state index in [4.69, 9.17) is 0 Å². The molecule has 2 aromatic rings. The normalized spacial score (nSPS) is 9.95. The summed E-state index contributed by atoms with van der Waals surface area (Å²) in [7, 11) is 0. The number of benzene rings is 1. The quantitative estimate of drug-likeness (QED) is 0.676. The molecule has 0 saturated carbocycles. The van der Waals surface area contributed by atoms with E-state index < -0.39 is 11.9 Å². The number of hydrogen-bond donors (Lipinski definition) is 1. The second-order valence-corrected chi connectivity index (χ2v) is 3.82. The molecule has 0 aliphatic carbocycles. The molecule has 0 radical (unpaired) electrons. The first kappa shape index (κ1) is 12.9. The van der Waals surface area contributed by atoms with Gasteiger partial charge in [0.2, 0.25) is 0 Å². The zero-order chi connectivity index (χ0) is 13.7. The summed E-state index contributed by atoms with van der Waals surface area (Å²) in [5.41, 5.74) is 1.44. The van der Waals surface area contributed by atoms with E-state index in [2.05, 4.69) is 10.1 Å². The summed E-state index contributed by atoms with van der Waals surface area (Å²) in [5.74, 6) is -1.65. The molecule has 1 N–H and O–H groups in total. The van der Waals surface area contributed by atoms with Crippen molar-refractivity contribution in [3.8, 4) is 5.69 Å². The molecule has 1 aromatic heterocycles. The van der Waals surface area contributed by atoms with Gasteiger partial charge in [-0.1, -0.05) is 6.07 Å². The minimum absolute atomic E-state index is 0.176. The largest absolute Gasteiger partial charge is 0.459 e. The Kier molecular flexibility index (Phi) is 3.97. The predicted molar refractivity (Wildman–Crippen MR) is 71.0 cm³/mol. The third-order valence-corrected chi connectivity index (χ3v) is 2.47. The number of carbonyl (C=O) groups excluding carboxylic acids is 2. The lowest BCUT2D eigenvalue weighted by Crippen LogP contribution is -2.25. The summed E-state index contributed by atoms with van der Waals surface area (Å²) in [6.07, 6.45) is 3.79. The van der Waals surface area contributed by atoms with E-state index in [0.29, 0.717) is 5.69 Å². The average Bonchev–Trinajstić information content (AvgIpc) is 2.93. The van der Waals surface area contributed by atoms with Gasteiger partial charge in [-0.05, 0) is 37.3 Å². The van der Waals surface area contributed by atoms with Crippen molar-refractivity contribution >= 4 is 17.6 Å². The molecule has 0 bridgehead atoms. The second kappa shape index (κ2) is 5.86. The summed E-state index contributed by atoms with van der Waals surface area (Å²) in [5, 5.41) is 2.50. The molecule has 0 aliphatic rings. The zero-order valence-corrected chi connectivity index (χ0v) is 10.5. The molecule has 1 amide bonds. The Bertz CT molecular complexity index is 576. The van der Waals surface area contributed by atoms with Crippen LogP contribution in [-0.4, -0.2) is 23.1 Å². The lowest BCUT2D eigenvalue weighted by atomic mass is 10.2. The van der Waals surface area contributed by atoms with Crippen molar-refractivity contribution in [2.45, 2.75) is 6.92 Å². The summed E-state index contributed by atoms with van der Waals surface area (Å²) >= 11 is 0. The van der Waals surface area contributed by atoms with Crippen LogP contribution in [-0.2, 0) is 14.3 Å². The lowest BCUT2D eigenvalue weighted by Gasteiger charge is -2.07. The van der Waals surface area contributed by atoms with Crippen LogP contribution in [0.5, 0.6) is 0 Å². The van der Waals surface area contributed by atoms with Gasteiger partial charge in [-0.15, -0.1) is 0 Å². The molecule has 1 heterocycles. The number of carbonyl (C=O) groups is 2. The van der Waals surface area contributed by atoms with E-state index in [1.807, 2.05) is 35.2 Å². The Morgan fingerprint density at radius 2 is 1.95 bits per heavy atom. The van der Waals surface area contributed by atoms with Crippen LogP contribution >= 0.6 is 0 Å². The van der Waals surface area contributed by atoms with Gasteiger partial charge in [0.1, 0.15) is 0 Å². The molecule has 0 atom stereocenters. The topological polar surface area (TPSA) is 60.3 Å². The molecule has 0 aliphatic heterocycles. The van der Waals surface area contributed by atoms with Crippen molar-refractivity contribution in [1.29, 1.82) is 0 Å². The van der Waals surface area contributed by atoms with Crippen molar-refractivity contribution in [3.63, 3.8) is 0 Å². The molecular formula is C14H14N2O3. The first-order chi connectivity index (χ1) is 9.20. The zero-order valence-electron chi connectivity index (χ0n) is 10.5. The Balaban J connectivity index is 2.12. The Morgan fingerprint density at radius 1 is 1.21 bits per heavy atom. The van der Waals surface area contributed by atoms with E-state index in [1.54, 1.807) is 25.1 Å². The van der Waals surface area contributed by atoms with Crippen LogP contribution in [0.1, 0.15) is 6.92 Å². The molecule has 0 saturated heterocycles. The maximum Gasteiger partial charge on any atom is 0.397 e. The van der Waals surface area contributed by atoms with Crippen LogP contribution in [0.15, 0.2) is 48.8 Å². The molecule has 1 aromatic carbocycles. The fraction of sp³-hybridized carbons (Fsp3) is 0.143. The molecule has 98 valence electrons. The van der Waals surface area contributed by atoms with E-state index in [0.717, 1.165) is 5.69 Å².